The van der Waals surface area contributed by atoms with Gasteiger partial charge >= 0.3 is 0 Å². The van der Waals surface area contributed by atoms with Crippen molar-refractivity contribution in [2.45, 2.75) is 23.8 Å². The maximum atomic E-state index is 12.8. The Labute approximate surface area is 163 Å². The highest BCUT2D eigenvalue weighted by Crippen LogP contribution is 2.18. The number of fused-ring (bicyclic) bond motifs is 1. The Morgan fingerprint density at radius 3 is 2.36 bits per heavy atom. The first-order valence-corrected chi connectivity index (χ1v) is 10.6. The number of piperidine rings is 1. The minimum atomic E-state index is -3.54. The molecule has 0 atom stereocenters. The van der Waals surface area contributed by atoms with Crippen LogP contribution < -0.4 is 4.72 Å². The summed E-state index contributed by atoms with van der Waals surface area (Å²) in [4.78, 5) is 23.3. The summed E-state index contributed by atoms with van der Waals surface area (Å²) in [6.45, 7) is 0.999. The molecule has 1 amide bonds. The first-order valence-electron chi connectivity index (χ1n) is 9.10. The molecule has 3 aromatic rings. The van der Waals surface area contributed by atoms with E-state index in [1.54, 1.807) is 65.8 Å². The van der Waals surface area contributed by atoms with E-state index in [0.29, 0.717) is 37.0 Å². The van der Waals surface area contributed by atoms with Crippen LogP contribution in [0, 0.1) is 0 Å². The molecule has 1 aliphatic heterocycles. The number of rotatable bonds is 4. The number of nitrogens with zero attached hydrogens (tertiary/aromatic N) is 3. The monoisotopic (exact) mass is 396 g/mol. The Hall–Kier alpha value is -2.84. The molecule has 2 aromatic carbocycles. The molecule has 28 heavy (non-hydrogen) atoms. The van der Waals surface area contributed by atoms with E-state index < -0.39 is 10.0 Å². The van der Waals surface area contributed by atoms with Crippen molar-refractivity contribution in [2.75, 3.05) is 13.1 Å². The van der Waals surface area contributed by atoms with Crippen molar-refractivity contribution in [3.05, 3.63) is 66.5 Å². The molecule has 0 saturated carbocycles. The molecule has 1 fully saturated rings. The fourth-order valence-electron chi connectivity index (χ4n) is 3.37. The van der Waals surface area contributed by atoms with Crippen LogP contribution in [-0.2, 0) is 10.0 Å². The predicted octanol–water partition coefficient (Wildman–Crippen LogP) is 2.21. The molecule has 0 spiro atoms. The number of likely N-dealkylation sites (tertiary alicyclic amines) is 1. The summed E-state index contributed by atoms with van der Waals surface area (Å²) >= 11 is 0. The van der Waals surface area contributed by atoms with Crippen molar-refractivity contribution >= 4 is 27.0 Å². The summed E-state index contributed by atoms with van der Waals surface area (Å²) in [5.74, 6) is -0.0723. The van der Waals surface area contributed by atoms with Crippen molar-refractivity contribution in [3.8, 4) is 0 Å². The maximum Gasteiger partial charge on any atom is 0.253 e. The second kappa shape index (κ2) is 7.65. The van der Waals surface area contributed by atoms with E-state index in [1.165, 1.54) is 0 Å². The normalized spacial score (nSPS) is 15.6. The number of nitrogens with one attached hydrogen (secondary N) is 1. The van der Waals surface area contributed by atoms with E-state index in [1.807, 2.05) is 0 Å². The highest BCUT2D eigenvalue weighted by Gasteiger charge is 2.27. The summed E-state index contributed by atoms with van der Waals surface area (Å²) in [7, 11) is -3.54. The van der Waals surface area contributed by atoms with E-state index in [2.05, 4.69) is 14.7 Å². The molecule has 7 nitrogen and oxygen atoms in total. The van der Waals surface area contributed by atoms with Gasteiger partial charge in [0.05, 0.1) is 15.9 Å². The Bertz CT molecular complexity index is 1090. The average Bonchev–Trinajstić information content (AvgIpc) is 2.74. The number of aromatic nitrogens is 2. The summed E-state index contributed by atoms with van der Waals surface area (Å²) in [5.41, 5.74) is 1.99. The number of hydrogen-bond donors (Lipinski definition) is 1. The largest absolute Gasteiger partial charge is 0.339 e. The van der Waals surface area contributed by atoms with Gasteiger partial charge in [-0.3, -0.25) is 14.8 Å². The fourth-order valence-corrected chi connectivity index (χ4v) is 4.69. The third kappa shape index (κ3) is 3.88. The van der Waals surface area contributed by atoms with E-state index >= 15 is 0 Å². The van der Waals surface area contributed by atoms with Gasteiger partial charge in [0.1, 0.15) is 0 Å². The number of hydrogen-bond acceptors (Lipinski definition) is 5. The lowest BCUT2D eigenvalue weighted by atomic mass is 10.0. The average molecular weight is 396 g/mol. The van der Waals surface area contributed by atoms with Crippen LogP contribution in [0.2, 0.25) is 0 Å². The lowest BCUT2D eigenvalue weighted by molar-refractivity contribution is 0.0711. The molecule has 0 unspecified atom stereocenters. The van der Waals surface area contributed by atoms with Crippen LogP contribution in [-0.4, -0.2) is 48.3 Å². The van der Waals surface area contributed by atoms with E-state index in [0.717, 1.165) is 5.52 Å². The third-order valence-corrected chi connectivity index (χ3v) is 6.41. The van der Waals surface area contributed by atoms with Gasteiger partial charge < -0.3 is 4.90 Å². The van der Waals surface area contributed by atoms with Crippen LogP contribution in [0.25, 0.3) is 11.0 Å². The lowest BCUT2D eigenvalue weighted by Crippen LogP contribution is -2.46. The van der Waals surface area contributed by atoms with Gasteiger partial charge in [-0.15, -0.1) is 0 Å². The van der Waals surface area contributed by atoms with Crippen molar-refractivity contribution in [1.29, 1.82) is 0 Å². The number of sulfonamides is 1. The SMILES string of the molecule is O=C(c1ccc2nccnc2c1)N1CCC(NS(=O)(=O)c2ccccc2)CC1. The molecular weight excluding hydrogens is 376 g/mol. The molecule has 0 aliphatic carbocycles. The van der Waals surface area contributed by atoms with Gasteiger partial charge in [-0.25, -0.2) is 13.1 Å². The smallest absolute Gasteiger partial charge is 0.253 e. The molecule has 1 N–H and O–H groups in total. The van der Waals surface area contributed by atoms with E-state index in [4.69, 9.17) is 0 Å². The Balaban J connectivity index is 1.40. The second-order valence-electron chi connectivity index (χ2n) is 6.76. The zero-order valence-corrected chi connectivity index (χ0v) is 16.0. The van der Waals surface area contributed by atoms with Gasteiger partial charge in [0.25, 0.3) is 5.91 Å². The number of benzene rings is 2. The van der Waals surface area contributed by atoms with Crippen molar-refractivity contribution in [2.24, 2.45) is 0 Å². The summed E-state index contributed by atoms with van der Waals surface area (Å²) in [6.07, 6.45) is 4.36. The van der Waals surface area contributed by atoms with Gasteiger partial charge in [0.2, 0.25) is 10.0 Å². The Kier molecular flexibility index (Phi) is 5.06. The summed E-state index contributed by atoms with van der Waals surface area (Å²) < 4.78 is 27.7. The highest BCUT2D eigenvalue weighted by molar-refractivity contribution is 7.89. The van der Waals surface area contributed by atoms with Crippen molar-refractivity contribution < 1.29 is 13.2 Å². The molecular formula is C20H20N4O3S. The lowest BCUT2D eigenvalue weighted by Gasteiger charge is -2.32. The molecule has 0 bridgehead atoms. The van der Waals surface area contributed by atoms with Crippen LogP contribution in [0.1, 0.15) is 23.2 Å². The van der Waals surface area contributed by atoms with E-state index in [9.17, 15) is 13.2 Å². The molecule has 144 valence electrons. The highest BCUT2D eigenvalue weighted by atomic mass is 32.2. The third-order valence-electron chi connectivity index (χ3n) is 4.87. The summed E-state index contributed by atoms with van der Waals surface area (Å²) in [5, 5.41) is 0. The number of carbonyl (C=O) groups is 1. The number of amides is 1. The van der Waals surface area contributed by atoms with Gasteiger partial charge in [0.15, 0.2) is 0 Å². The Morgan fingerprint density at radius 2 is 1.64 bits per heavy atom. The first kappa shape index (κ1) is 18.5. The molecule has 1 aliphatic rings. The van der Waals surface area contributed by atoms with Crippen molar-refractivity contribution in [1.82, 2.24) is 19.6 Å². The fraction of sp³-hybridized carbons (Fsp3) is 0.250. The standard InChI is InChI=1S/C20H20N4O3S/c25-20(15-6-7-18-19(14-15)22-11-10-21-18)24-12-8-16(9-13-24)23-28(26,27)17-4-2-1-3-5-17/h1-7,10-11,14,16,23H,8-9,12-13H2. The van der Waals surface area contributed by atoms with Crippen LogP contribution in [0.4, 0.5) is 0 Å². The Morgan fingerprint density at radius 1 is 0.964 bits per heavy atom. The molecule has 4 rings (SSSR count). The van der Waals surface area contributed by atoms with Crippen molar-refractivity contribution in [3.63, 3.8) is 0 Å². The van der Waals surface area contributed by atoms with Gasteiger partial charge in [-0.1, -0.05) is 18.2 Å². The minimum absolute atomic E-state index is 0.0723. The summed E-state index contributed by atoms with van der Waals surface area (Å²) in [6, 6.07) is 13.4. The molecule has 0 radical (unpaired) electrons. The van der Waals surface area contributed by atoms with Gasteiger partial charge in [-0.2, -0.15) is 0 Å². The molecule has 1 aromatic heterocycles. The van der Waals surface area contributed by atoms with Crippen LogP contribution >= 0.6 is 0 Å². The first-order chi connectivity index (χ1) is 13.5. The maximum absolute atomic E-state index is 12.8. The molecule has 8 heteroatoms. The van der Waals surface area contributed by atoms with Gasteiger partial charge in [-0.05, 0) is 43.2 Å². The molecule has 2 heterocycles. The van der Waals surface area contributed by atoms with Crippen LogP contribution in [0.5, 0.6) is 0 Å². The van der Waals surface area contributed by atoms with E-state index in [-0.39, 0.29) is 16.8 Å². The quantitative estimate of drug-likeness (QED) is 0.730. The zero-order chi connectivity index (χ0) is 19.6. The topological polar surface area (TPSA) is 92.3 Å². The minimum Gasteiger partial charge on any atom is -0.339 e. The van der Waals surface area contributed by atoms with Crippen LogP contribution in [0.3, 0.4) is 0 Å². The van der Waals surface area contributed by atoms with Crippen LogP contribution in [0.15, 0.2) is 65.8 Å². The number of carbonyl (C=O) groups excluding carboxylic acids is 1. The predicted molar refractivity (Wildman–Crippen MR) is 105 cm³/mol. The van der Waals surface area contributed by atoms with Gasteiger partial charge in [0, 0.05) is 37.1 Å². The zero-order valence-electron chi connectivity index (χ0n) is 15.2. The second-order valence-corrected chi connectivity index (χ2v) is 8.47. The molecule has 1 saturated heterocycles.